The fraction of sp³-hybridized carbons (Fsp3) is 0.545. The molecule has 2 rings (SSSR count). The van der Waals surface area contributed by atoms with Crippen LogP contribution in [0, 0.1) is 0 Å². The fourth-order valence-electron chi connectivity index (χ4n) is 1.82. The van der Waals surface area contributed by atoms with Gasteiger partial charge >= 0.3 is 6.03 Å². The summed E-state index contributed by atoms with van der Waals surface area (Å²) in [7, 11) is 0. The van der Waals surface area contributed by atoms with Gasteiger partial charge in [0.2, 0.25) is 0 Å². The zero-order valence-corrected chi connectivity index (χ0v) is 9.77. The van der Waals surface area contributed by atoms with E-state index in [0.29, 0.717) is 0 Å². The van der Waals surface area contributed by atoms with Gasteiger partial charge in [-0.05, 0) is 29.9 Å². The molecule has 0 unspecified atom stereocenters. The third kappa shape index (κ3) is 2.31. The van der Waals surface area contributed by atoms with Gasteiger partial charge in [-0.3, -0.25) is 0 Å². The number of amides is 2. The van der Waals surface area contributed by atoms with Crippen molar-refractivity contribution in [3.8, 4) is 0 Å². The first-order chi connectivity index (χ1) is 7.31. The number of hydrogen-bond acceptors (Lipinski definition) is 2. The Hall–Kier alpha value is -1.03. The Morgan fingerprint density at radius 1 is 1.60 bits per heavy atom. The molecule has 0 bridgehead atoms. The number of thiophene rings is 1. The van der Waals surface area contributed by atoms with Crippen molar-refractivity contribution in [2.24, 2.45) is 0 Å². The molecule has 0 aromatic carbocycles. The molecule has 0 aliphatic carbocycles. The van der Waals surface area contributed by atoms with Gasteiger partial charge in [-0.15, -0.1) is 11.3 Å². The minimum Gasteiger partial charge on any atom is -0.338 e. The topological polar surface area (TPSA) is 32.3 Å². The Morgan fingerprint density at radius 2 is 2.47 bits per heavy atom. The third-order valence-corrected chi connectivity index (χ3v) is 3.67. The minimum atomic E-state index is 0.0803. The maximum atomic E-state index is 11.5. The van der Waals surface area contributed by atoms with Gasteiger partial charge in [-0.1, -0.05) is 6.92 Å². The smallest absolute Gasteiger partial charge is 0.317 e. The second-order valence-electron chi connectivity index (χ2n) is 3.73. The molecule has 0 radical (unpaired) electrons. The van der Waals surface area contributed by atoms with Crippen LogP contribution in [0.15, 0.2) is 11.4 Å². The summed E-state index contributed by atoms with van der Waals surface area (Å²) < 4.78 is 0. The summed E-state index contributed by atoms with van der Waals surface area (Å²) in [6.45, 7) is 4.63. The third-order valence-electron chi connectivity index (χ3n) is 2.72. The molecule has 3 nitrogen and oxygen atoms in total. The Balaban J connectivity index is 2.04. The van der Waals surface area contributed by atoms with Gasteiger partial charge < -0.3 is 10.2 Å². The molecule has 1 saturated heterocycles. The predicted octanol–water partition coefficient (Wildman–Crippen LogP) is 2.23. The SMILES string of the molecule is CCc1ccsc1CN1CCCNC1=O. The molecular formula is C11H16N2OS. The molecule has 82 valence electrons. The number of rotatable bonds is 3. The average molecular weight is 224 g/mol. The Kier molecular flexibility index (Phi) is 3.26. The standard InChI is InChI=1S/C11H16N2OS/c1-2-9-4-7-15-10(9)8-13-6-3-5-12-11(13)14/h4,7H,2-3,5-6,8H2,1H3,(H,12,14). The van der Waals surface area contributed by atoms with Gasteiger partial charge in [0.15, 0.2) is 0 Å². The van der Waals surface area contributed by atoms with E-state index in [0.717, 1.165) is 32.5 Å². The summed E-state index contributed by atoms with van der Waals surface area (Å²) >= 11 is 1.75. The van der Waals surface area contributed by atoms with E-state index in [9.17, 15) is 4.79 Å². The molecule has 0 spiro atoms. The van der Waals surface area contributed by atoms with Gasteiger partial charge in [0, 0.05) is 18.0 Å². The first-order valence-corrected chi connectivity index (χ1v) is 6.27. The quantitative estimate of drug-likeness (QED) is 0.839. The zero-order valence-electron chi connectivity index (χ0n) is 8.95. The Bertz CT molecular complexity index is 348. The average Bonchev–Trinajstić information content (AvgIpc) is 2.69. The van der Waals surface area contributed by atoms with Crippen LogP contribution < -0.4 is 5.32 Å². The lowest BCUT2D eigenvalue weighted by Gasteiger charge is -2.27. The number of urea groups is 1. The van der Waals surface area contributed by atoms with E-state index in [1.54, 1.807) is 11.3 Å². The van der Waals surface area contributed by atoms with E-state index in [2.05, 4.69) is 23.7 Å². The van der Waals surface area contributed by atoms with E-state index in [4.69, 9.17) is 0 Å². The van der Waals surface area contributed by atoms with Crippen molar-refractivity contribution in [3.63, 3.8) is 0 Å². The normalized spacial score (nSPS) is 16.6. The van der Waals surface area contributed by atoms with Crippen molar-refractivity contribution >= 4 is 17.4 Å². The number of carbonyl (C=O) groups is 1. The minimum absolute atomic E-state index is 0.0803. The molecule has 4 heteroatoms. The van der Waals surface area contributed by atoms with Crippen LogP contribution in [0.3, 0.4) is 0 Å². The van der Waals surface area contributed by atoms with Gasteiger partial charge in [0.1, 0.15) is 0 Å². The first-order valence-electron chi connectivity index (χ1n) is 5.39. The van der Waals surface area contributed by atoms with Crippen molar-refractivity contribution in [2.45, 2.75) is 26.3 Å². The van der Waals surface area contributed by atoms with E-state index < -0.39 is 0 Å². The fourth-order valence-corrected chi connectivity index (χ4v) is 2.81. The largest absolute Gasteiger partial charge is 0.338 e. The summed E-state index contributed by atoms with van der Waals surface area (Å²) in [5, 5.41) is 4.98. The molecule has 1 aliphatic rings. The van der Waals surface area contributed by atoms with Crippen LogP contribution in [-0.2, 0) is 13.0 Å². The summed E-state index contributed by atoms with van der Waals surface area (Å²) in [6.07, 6.45) is 2.10. The van der Waals surface area contributed by atoms with Crippen LogP contribution in [0.25, 0.3) is 0 Å². The highest BCUT2D eigenvalue weighted by molar-refractivity contribution is 7.10. The second kappa shape index (κ2) is 4.66. The molecule has 1 fully saturated rings. The van der Waals surface area contributed by atoms with Crippen LogP contribution >= 0.6 is 11.3 Å². The number of carbonyl (C=O) groups excluding carboxylic acids is 1. The molecule has 0 saturated carbocycles. The van der Waals surface area contributed by atoms with Crippen molar-refractivity contribution in [2.75, 3.05) is 13.1 Å². The zero-order chi connectivity index (χ0) is 10.7. The summed E-state index contributed by atoms with van der Waals surface area (Å²) in [4.78, 5) is 14.8. The van der Waals surface area contributed by atoms with Crippen LogP contribution in [0.4, 0.5) is 4.79 Å². The van der Waals surface area contributed by atoms with Gasteiger partial charge in [0.05, 0.1) is 6.54 Å². The lowest BCUT2D eigenvalue weighted by Crippen LogP contribution is -2.45. The number of aryl methyl sites for hydroxylation is 1. The summed E-state index contributed by atoms with van der Waals surface area (Å²) in [5.41, 5.74) is 1.37. The first kappa shape index (κ1) is 10.5. The predicted molar refractivity (Wildman–Crippen MR) is 62.1 cm³/mol. The van der Waals surface area contributed by atoms with E-state index in [1.165, 1.54) is 10.4 Å². The Morgan fingerprint density at radius 3 is 3.20 bits per heavy atom. The molecule has 2 heterocycles. The van der Waals surface area contributed by atoms with Crippen molar-refractivity contribution < 1.29 is 4.79 Å². The van der Waals surface area contributed by atoms with Crippen LogP contribution in [-0.4, -0.2) is 24.0 Å². The summed E-state index contributed by atoms with van der Waals surface area (Å²) in [6, 6.07) is 2.23. The van der Waals surface area contributed by atoms with Crippen molar-refractivity contribution in [1.29, 1.82) is 0 Å². The monoisotopic (exact) mass is 224 g/mol. The molecule has 1 N–H and O–H groups in total. The van der Waals surface area contributed by atoms with Crippen LogP contribution in [0.2, 0.25) is 0 Å². The number of hydrogen-bond donors (Lipinski definition) is 1. The highest BCUT2D eigenvalue weighted by Gasteiger charge is 2.18. The van der Waals surface area contributed by atoms with Gasteiger partial charge in [-0.25, -0.2) is 4.79 Å². The second-order valence-corrected chi connectivity index (χ2v) is 4.73. The number of nitrogens with zero attached hydrogens (tertiary/aromatic N) is 1. The number of nitrogens with one attached hydrogen (secondary N) is 1. The van der Waals surface area contributed by atoms with Crippen molar-refractivity contribution in [1.82, 2.24) is 10.2 Å². The highest BCUT2D eigenvalue weighted by atomic mass is 32.1. The van der Waals surface area contributed by atoms with E-state index >= 15 is 0 Å². The van der Waals surface area contributed by atoms with E-state index in [-0.39, 0.29) is 6.03 Å². The maximum absolute atomic E-state index is 11.5. The maximum Gasteiger partial charge on any atom is 0.317 e. The van der Waals surface area contributed by atoms with Crippen molar-refractivity contribution in [3.05, 3.63) is 21.9 Å². The van der Waals surface area contributed by atoms with Gasteiger partial charge in [-0.2, -0.15) is 0 Å². The molecule has 2 amide bonds. The van der Waals surface area contributed by atoms with Crippen LogP contribution in [0.5, 0.6) is 0 Å². The lowest BCUT2D eigenvalue weighted by atomic mass is 10.2. The molecule has 0 atom stereocenters. The molecule has 1 aliphatic heterocycles. The molecule has 1 aromatic rings. The van der Waals surface area contributed by atoms with Gasteiger partial charge in [0.25, 0.3) is 0 Å². The lowest BCUT2D eigenvalue weighted by molar-refractivity contribution is 0.184. The highest BCUT2D eigenvalue weighted by Crippen LogP contribution is 2.20. The summed E-state index contributed by atoms with van der Waals surface area (Å²) in [5.74, 6) is 0. The molecular weight excluding hydrogens is 208 g/mol. The molecule has 1 aromatic heterocycles. The molecule has 15 heavy (non-hydrogen) atoms. The van der Waals surface area contributed by atoms with E-state index in [1.807, 2.05) is 4.90 Å². The van der Waals surface area contributed by atoms with Crippen LogP contribution in [0.1, 0.15) is 23.8 Å². The Labute approximate surface area is 94.1 Å².